The van der Waals surface area contributed by atoms with Crippen molar-refractivity contribution in [1.82, 2.24) is 19.1 Å². The molecule has 0 aliphatic carbocycles. The smallest absolute Gasteiger partial charge is 0.303 e. The molecule has 2 heterocycles. The fraction of sp³-hybridized carbons (Fsp3) is 0.167. The first kappa shape index (κ1) is 22.5. The first-order chi connectivity index (χ1) is 16.0. The number of aromatic nitrogens is 4. The quantitative estimate of drug-likeness (QED) is 0.279. The third-order valence-electron chi connectivity index (χ3n) is 5.15. The lowest BCUT2D eigenvalue weighted by Gasteiger charge is -2.08. The van der Waals surface area contributed by atoms with E-state index in [2.05, 4.69) is 48.6 Å². The second-order valence-electron chi connectivity index (χ2n) is 7.48. The molecule has 8 nitrogen and oxygen atoms in total. The molecular formula is C24H23BrN6O2. The van der Waals surface area contributed by atoms with Crippen LogP contribution in [0.15, 0.2) is 79.8 Å². The highest BCUT2D eigenvalue weighted by molar-refractivity contribution is 9.12. The number of hydrazone groups is 1. The molecule has 0 aliphatic rings. The van der Waals surface area contributed by atoms with Crippen LogP contribution in [0.3, 0.4) is 0 Å². The van der Waals surface area contributed by atoms with E-state index in [4.69, 9.17) is 0 Å². The number of anilines is 1. The molecule has 0 aliphatic heterocycles. The summed E-state index contributed by atoms with van der Waals surface area (Å²) in [6, 6.07) is 20.0. The molecule has 0 radical (unpaired) electrons. The van der Waals surface area contributed by atoms with E-state index >= 15 is 0 Å². The summed E-state index contributed by atoms with van der Waals surface area (Å²) in [6.45, 7) is 0.533. The van der Waals surface area contributed by atoms with Crippen LogP contribution in [0.25, 0.3) is 17.2 Å². The van der Waals surface area contributed by atoms with Crippen LogP contribution in [0.2, 0.25) is 0 Å². The van der Waals surface area contributed by atoms with E-state index in [1.54, 1.807) is 17.8 Å². The highest BCUT2D eigenvalue weighted by Crippen LogP contribution is 2.17. The molecule has 4 aromatic rings. The van der Waals surface area contributed by atoms with Gasteiger partial charge < -0.3 is 4.57 Å². The third kappa shape index (κ3) is 5.38. The van der Waals surface area contributed by atoms with E-state index < -0.39 is 11.2 Å². The van der Waals surface area contributed by atoms with Crippen molar-refractivity contribution in [1.29, 1.82) is 0 Å². The summed E-state index contributed by atoms with van der Waals surface area (Å²) < 4.78 is 3.85. The van der Waals surface area contributed by atoms with Crippen LogP contribution in [0.1, 0.15) is 17.5 Å². The molecule has 0 fully saturated rings. The summed E-state index contributed by atoms with van der Waals surface area (Å²) in [6.07, 6.45) is 5.18. The Morgan fingerprint density at radius 3 is 2.55 bits per heavy atom. The summed E-state index contributed by atoms with van der Waals surface area (Å²) >= 11 is 3.49. The Kier molecular flexibility index (Phi) is 6.99. The lowest BCUT2D eigenvalue weighted by molar-refractivity contribution is 0.659. The van der Waals surface area contributed by atoms with Gasteiger partial charge in [-0.15, -0.1) is 0 Å². The molecule has 0 amide bonds. The Balaban J connectivity index is 1.60. The third-order valence-corrected chi connectivity index (χ3v) is 5.59. The lowest BCUT2D eigenvalue weighted by atomic mass is 10.1. The van der Waals surface area contributed by atoms with Crippen LogP contribution in [-0.4, -0.2) is 25.3 Å². The summed E-state index contributed by atoms with van der Waals surface area (Å²) in [4.78, 5) is 31.5. The maximum absolute atomic E-state index is 12.6. The van der Waals surface area contributed by atoms with Gasteiger partial charge in [0.15, 0.2) is 11.2 Å². The predicted molar refractivity (Wildman–Crippen MR) is 136 cm³/mol. The van der Waals surface area contributed by atoms with Crippen molar-refractivity contribution in [2.45, 2.75) is 19.4 Å². The maximum atomic E-state index is 12.6. The molecule has 0 spiro atoms. The van der Waals surface area contributed by atoms with Crippen molar-refractivity contribution in [2.24, 2.45) is 12.1 Å². The standard InChI is InChI=1S/C24H23BrN6O2/c1-30-21-20(22(32)28-24(30)33)31(14-8-13-17-9-4-2-5-10-17)23(27-21)29-26-16-19(25)15-18-11-6-3-7-12-18/h2-7,9-12,15-16H,8,13-14H2,1H3,(H,27,29)(H,28,32,33). The van der Waals surface area contributed by atoms with Crippen molar-refractivity contribution in [3.63, 3.8) is 0 Å². The summed E-state index contributed by atoms with van der Waals surface area (Å²) in [5, 5.41) is 4.27. The van der Waals surface area contributed by atoms with Gasteiger partial charge in [0.2, 0.25) is 5.95 Å². The molecule has 168 valence electrons. The van der Waals surface area contributed by atoms with Crippen molar-refractivity contribution in [2.75, 3.05) is 5.43 Å². The zero-order valence-electron chi connectivity index (χ0n) is 18.0. The molecule has 0 bridgehead atoms. The number of nitrogens with one attached hydrogen (secondary N) is 2. The lowest BCUT2D eigenvalue weighted by Crippen LogP contribution is -2.29. The number of hydrogen-bond donors (Lipinski definition) is 2. The van der Waals surface area contributed by atoms with Gasteiger partial charge in [-0.05, 0) is 46.0 Å². The predicted octanol–water partition coefficient (Wildman–Crippen LogP) is 3.89. The number of imidazole rings is 1. The Morgan fingerprint density at radius 2 is 1.82 bits per heavy atom. The fourth-order valence-electron chi connectivity index (χ4n) is 3.52. The Bertz CT molecular complexity index is 1420. The topological polar surface area (TPSA) is 97.1 Å². The number of hydrogen-bond acceptors (Lipinski definition) is 5. The van der Waals surface area contributed by atoms with Gasteiger partial charge in [0.25, 0.3) is 5.56 Å². The van der Waals surface area contributed by atoms with E-state index in [0.29, 0.717) is 23.7 Å². The Morgan fingerprint density at radius 1 is 1.12 bits per heavy atom. The molecule has 0 atom stereocenters. The molecule has 4 rings (SSSR count). The number of rotatable bonds is 8. The van der Waals surface area contributed by atoms with Crippen LogP contribution in [0, 0.1) is 0 Å². The van der Waals surface area contributed by atoms with E-state index in [1.807, 2.05) is 54.6 Å². The molecule has 0 unspecified atom stereocenters. The number of aromatic amines is 1. The first-order valence-corrected chi connectivity index (χ1v) is 11.3. The maximum Gasteiger partial charge on any atom is 0.329 e. The number of allylic oxidation sites excluding steroid dienone is 1. The first-order valence-electron chi connectivity index (χ1n) is 10.5. The van der Waals surface area contributed by atoms with Crippen LogP contribution < -0.4 is 16.7 Å². The highest BCUT2D eigenvalue weighted by atomic mass is 79.9. The van der Waals surface area contributed by atoms with Crippen LogP contribution in [0.5, 0.6) is 0 Å². The zero-order chi connectivity index (χ0) is 23.2. The molecule has 9 heteroatoms. The normalized spacial score (nSPS) is 12.0. The largest absolute Gasteiger partial charge is 0.329 e. The summed E-state index contributed by atoms with van der Waals surface area (Å²) in [5.41, 5.74) is 4.83. The average Bonchev–Trinajstić information content (AvgIpc) is 3.18. The minimum atomic E-state index is -0.509. The van der Waals surface area contributed by atoms with Crippen molar-refractivity contribution in [3.8, 4) is 0 Å². The number of nitrogens with zero attached hydrogens (tertiary/aromatic N) is 4. The van der Waals surface area contributed by atoms with Crippen molar-refractivity contribution in [3.05, 3.63) is 97.1 Å². The van der Waals surface area contributed by atoms with Gasteiger partial charge in [-0.1, -0.05) is 60.7 Å². The Labute approximate surface area is 198 Å². The van der Waals surface area contributed by atoms with Crippen LogP contribution in [0.4, 0.5) is 5.95 Å². The SMILES string of the molecule is Cn1c(=O)[nH]c(=O)c2c1nc(NN=CC(Br)=Cc1ccccc1)n2CCCc1ccccc1. The van der Waals surface area contributed by atoms with Gasteiger partial charge in [0.05, 0.1) is 6.21 Å². The van der Waals surface area contributed by atoms with E-state index in [0.717, 1.165) is 22.9 Å². The average molecular weight is 507 g/mol. The second kappa shape index (κ2) is 10.3. The number of aryl methyl sites for hydroxylation is 3. The Hall–Kier alpha value is -3.72. The molecule has 2 N–H and O–H groups in total. The minimum Gasteiger partial charge on any atom is -0.303 e. The van der Waals surface area contributed by atoms with Gasteiger partial charge in [-0.3, -0.25) is 14.3 Å². The molecule has 2 aromatic heterocycles. The number of H-pyrrole nitrogens is 1. The summed E-state index contributed by atoms with van der Waals surface area (Å²) in [7, 11) is 1.58. The number of benzene rings is 2. The van der Waals surface area contributed by atoms with Gasteiger partial charge in [-0.25, -0.2) is 10.2 Å². The monoisotopic (exact) mass is 506 g/mol. The van der Waals surface area contributed by atoms with Gasteiger partial charge in [-0.2, -0.15) is 10.1 Å². The fourth-order valence-corrected chi connectivity index (χ4v) is 3.89. The summed E-state index contributed by atoms with van der Waals surface area (Å²) in [5.74, 6) is 0.390. The number of fused-ring (bicyclic) bond motifs is 1. The number of halogens is 1. The minimum absolute atomic E-state index is 0.306. The molecule has 2 aromatic carbocycles. The van der Waals surface area contributed by atoms with Gasteiger partial charge >= 0.3 is 5.69 Å². The molecule has 0 saturated heterocycles. The zero-order valence-corrected chi connectivity index (χ0v) is 19.6. The molecular weight excluding hydrogens is 484 g/mol. The van der Waals surface area contributed by atoms with Gasteiger partial charge in [0.1, 0.15) is 0 Å². The van der Waals surface area contributed by atoms with E-state index in [9.17, 15) is 9.59 Å². The van der Waals surface area contributed by atoms with Crippen LogP contribution in [-0.2, 0) is 20.0 Å². The molecule has 33 heavy (non-hydrogen) atoms. The van der Waals surface area contributed by atoms with Crippen LogP contribution >= 0.6 is 15.9 Å². The second-order valence-corrected chi connectivity index (χ2v) is 8.39. The van der Waals surface area contributed by atoms with Crippen molar-refractivity contribution < 1.29 is 0 Å². The van der Waals surface area contributed by atoms with E-state index in [-0.39, 0.29) is 0 Å². The van der Waals surface area contributed by atoms with Gasteiger partial charge in [0, 0.05) is 18.1 Å². The van der Waals surface area contributed by atoms with Crippen molar-refractivity contribution >= 4 is 45.3 Å². The molecule has 0 saturated carbocycles. The highest BCUT2D eigenvalue weighted by Gasteiger charge is 2.17. The van der Waals surface area contributed by atoms with E-state index in [1.165, 1.54) is 10.1 Å².